The van der Waals surface area contributed by atoms with Crippen LogP contribution >= 0.6 is 157 Å². The fourth-order valence-electron chi connectivity index (χ4n) is 21.8. The third-order valence-electron chi connectivity index (χ3n) is 29.6. The van der Waals surface area contributed by atoms with E-state index in [1.165, 1.54) is 106 Å². The lowest BCUT2D eigenvalue weighted by Gasteiger charge is -2.40. The van der Waals surface area contributed by atoms with E-state index in [0.717, 1.165) is 266 Å². The summed E-state index contributed by atoms with van der Waals surface area (Å²) in [5, 5.41) is 15.8. The van der Waals surface area contributed by atoms with Crippen molar-refractivity contribution in [2.75, 3.05) is 309 Å². The van der Waals surface area contributed by atoms with Crippen LogP contribution in [0.1, 0.15) is 125 Å². The van der Waals surface area contributed by atoms with E-state index in [1.54, 1.807) is 7.11 Å². The van der Waals surface area contributed by atoms with Gasteiger partial charge in [0.15, 0.2) is 0 Å². The summed E-state index contributed by atoms with van der Waals surface area (Å²) in [6, 6.07) is 56.9. The van der Waals surface area contributed by atoms with Crippen LogP contribution in [0.2, 0.25) is 42.0 Å². The number of benzene rings is 7. The maximum Gasteiger partial charge on any atom is 0.310 e. The van der Waals surface area contributed by atoms with Gasteiger partial charge < -0.3 is 79.2 Å². The number of ether oxygens (including phenoxy) is 3. The Bertz CT molecular complexity index is 4340. The predicted molar refractivity (Wildman–Crippen MR) is 650 cm³/mol. The molecule has 21 nitrogen and oxygen atoms in total. The van der Waals surface area contributed by atoms with Crippen molar-refractivity contribution in [3.8, 4) is 0 Å². The molecule has 14 atom stereocenters. The topological polar surface area (TPSA) is 166 Å². The first-order valence-corrected chi connectivity index (χ1v) is 59.4. The number of rotatable bonds is 40. The van der Waals surface area contributed by atoms with Gasteiger partial charge in [-0.3, -0.25) is 14.4 Å². The van der Waals surface area contributed by atoms with Gasteiger partial charge in [0.1, 0.15) is 0 Å². The molecule has 14 rings (SSSR count). The third kappa shape index (κ3) is 48.3. The molecule has 830 valence electrons. The van der Waals surface area contributed by atoms with E-state index in [4.69, 9.17) is 105 Å². The summed E-state index contributed by atoms with van der Waals surface area (Å²) in [5.41, 5.74) is 9.15. The molecule has 7 aromatic carbocycles. The van der Waals surface area contributed by atoms with E-state index < -0.39 is 0 Å². The predicted octanol–water partition coefficient (Wildman–Crippen LogP) is 20.2. The van der Waals surface area contributed by atoms with Crippen molar-refractivity contribution in [1.29, 1.82) is 0 Å². The van der Waals surface area contributed by atoms with E-state index >= 15 is 0 Å². The number of piperidine rings is 7. The number of methoxy groups -OCH3 is 3. The zero-order valence-electron chi connectivity index (χ0n) is 90.3. The molecule has 3 N–H and O–H groups in total. The van der Waals surface area contributed by atoms with E-state index in [1.807, 2.05) is 142 Å². The maximum absolute atomic E-state index is 11.9. The van der Waals surface area contributed by atoms with Gasteiger partial charge in [0.05, 0.1) is 60.6 Å². The molecule has 7 aromatic rings. The summed E-state index contributed by atoms with van der Waals surface area (Å²) in [6.45, 7) is 32.2. The van der Waals surface area contributed by atoms with Gasteiger partial charge in [0, 0.05) is 220 Å². The molecule has 7 heterocycles. The number of halogens is 7. The molecule has 2 radical (unpaired) electrons. The Balaban J connectivity index is 0.000000236. The Hall–Kier alpha value is -3.46. The van der Waals surface area contributed by atoms with Crippen LogP contribution < -0.4 is 16.0 Å². The van der Waals surface area contributed by atoms with Crippen LogP contribution in [-0.4, -0.2) is 383 Å². The van der Waals surface area contributed by atoms with Gasteiger partial charge >= 0.3 is 17.9 Å². The Labute approximate surface area is 964 Å². The second kappa shape index (κ2) is 75.6. The summed E-state index contributed by atoms with van der Waals surface area (Å²) in [4.78, 5) is 69.5. The quantitative estimate of drug-likeness (QED) is 0.00338. The highest BCUT2D eigenvalue weighted by atomic mass is 35.5. The highest BCUT2D eigenvalue weighted by Crippen LogP contribution is 2.42. The van der Waals surface area contributed by atoms with Gasteiger partial charge in [-0.1, -0.05) is 173 Å². The van der Waals surface area contributed by atoms with Crippen LogP contribution in [0, 0.1) is 41.4 Å². The average molecular weight is 2310 g/mol. The first-order chi connectivity index (χ1) is 71.9. The van der Waals surface area contributed by atoms with Gasteiger partial charge in [0.2, 0.25) is 0 Å². The number of nitrogens with one attached hydrogen (secondary N) is 3. The molecule has 0 amide bonds. The molecular weight excluding hydrogens is 2130 g/mol. The molecule has 0 aliphatic carbocycles. The van der Waals surface area contributed by atoms with Gasteiger partial charge in [-0.25, -0.2) is 9.78 Å². The van der Waals surface area contributed by atoms with Crippen LogP contribution in [0.3, 0.4) is 0 Å². The molecule has 0 bridgehead atoms. The monoisotopic (exact) mass is 2300 g/mol. The number of hydrogen-bond acceptors (Lipinski definition) is 27. The number of likely N-dealkylation sites (tertiary alicyclic amines) is 7. The highest BCUT2D eigenvalue weighted by molar-refractivity contribution is 7.81. The van der Waals surface area contributed by atoms with Crippen molar-refractivity contribution in [1.82, 2.24) is 64.9 Å². The molecule has 0 saturated carbocycles. The molecule has 149 heavy (non-hydrogen) atoms. The first kappa shape index (κ1) is 132. The van der Waals surface area contributed by atoms with Crippen LogP contribution in [0.4, 0.5) is 0 Å². The molecule has 0 spiro atoms. The van der Waals surface area contributed by atoms with Gasteiger partial charge in [0.25, 0.3) is 0 Å². The largest absolute Gasteiger partial charge is 0.469 e. The van der Waals surface area contributed by atoms with Gasteiger partial charge in [-0.15, -0.1) is 0 Å². The minimum atomic E-state index is -0.124. The van der Waals surface area contributed by atoms with Crippen molar-refractivity contribution in [3.63, 3.8) is 0 Å². The summed E-state index contributed by atoms with van der Waals surface area (Å²) in [6.07, 6.45) is 7.71. The van der Waals surface area contributed by atoms with Crippen molar-refractivity contribution < 1.29 is 38.4 Å². The molecule has 13 unspecified atom stereocenters. The zero-order valence-corrected chi connectivity index (χ0v) is 101. The third-order valence-corrected chi connectivity index (χ3v) is 32.6. The number of esters is 3. The SMILES string of the molecule is CN1CCC(c2ccc(Cl)cc2)C(CN(CCS)CCNCCS)C1.CN1CCC(c2ccc(Cl)cc2)C(CN(CCS)CCNCCS)C1.CN1CCC(c2ccc(Cl)cc2)[C@@H](CN(CCS)CCNCCS)C1.COC(=O)C1CN(C)CCC1c1ccc(Cl)cc1.COC(=O)C1CN(C)CCC1c1ccc(Cl)cc1.COC(=O)C1CN(C)CCC1c1ccc(Cl)cc1.COOCC1CN(C)CCC1c1ccc(Cl)cc1.[B]C. The average Bonchev–Trinajstić information content (AvgIpc) is 0.814. The maximum atomic E-state index is 11.9. The van der Waals surface area contributed by atoms with Crippen LogP contribution in [-0.2, 0) is 38.4 Å². The molecule has 7 aliphatic heterocycles. The number of nitrogens with zero attached hydrogens (tertiary/aromatic N) is 10. The fraction of sp³-hybridized carbons (Fsp3) is 0.605. The summed E-state index contributed by atoms with van der Waals surface area (Å²) in [7, 11) is 25.4. The molecule has 0 aromatic heterocycles. The summed E-state index contributed by atoms with van der Waals surface area (Å²) in [5.74, 6) is 10.2. The Morgan fingerprint density at radius 3 is 0.664 bits per heavy atom. The van der Waals surface area contributed by atoms with Gasteiger partial charge in [-0.2, -0.15) is 75.8 Å². The first-order valence-electron chi connectivity index (χ1n) is 53.0. The minimum Gasteiger partial charge on any atom is -0.469 e. The Morgan fingerprint density at radius 1 is 0.282 bits per heavy atom. The van der Waals surface area contributed by atoms with Crippen LogP contribution in [0.15, 0.2) is 170 Å². The molecule has 7 fully saturated rings. The van der Waals surface area contributed by atoms with Crippen molar-refractivity contribution >= 4 is 183 Å². The number of hydrogen-bond donors (Lipinski definition) is 9. The lowest BCUT2D eigenvalue weighted by molar-refractivity contribution is -0.282. The number of carbonyl (C=O) groups is 3. The Morgan fingerprint density at radius 2 is 0.470 bits per heavy atom. The minimum absolute atomic E-state index is 0.0880. The van der Waals surface area contributed by atoms with Gasteiger partial charge in [-0.05, 0) is 323 Å². The smallest absolute Gasteiger partial charge is 0.310 e. The van der Waals surface area contributed by atoms with Crippen molar-refractivity contribution in [3.05, 3.63) is 244 Å². The van der Waals surface area contributed by atoms with E-state index in [2.05, 4.69) is 225 Å². The van der Waals surface area contributed by atoms with Crippen molar-refractivity contribution in [2.45, 2.75) is 93.2 Å². The fourth-order valence-corrected chi connectivity index (χ4v) is 24.0. The van der Waals surface area contributed by atoms with E-state index in [9.17, 15) is 14.4 Å². The van der Waals surface area contributed by atoms with E-state index in [-0.39, 0.29) is 53.4 Å². The lowest BCUT2D eigenvalue weighted by atomic mass is 9.80. The van der Waals surface area contributed by atoms with E-state index in [0.29, 0.717) is 54.0 Å². The zero-order chi connectivity index (χ0) is 109. The molecule has 7 saturated heterocycles. The normalized spacial score (nSPS) is 23.1. The summed E-state index contributed by atoms with van der Waals surface area (Å²) >= 11 is 68.1. The Kier molecular flexibility index (Phi) is 67.1. The lowest BCUT2D eigenvalue weighted by Crippen LogP contribution is -2.45. The molecule has 7 aliphatic rings. The second-order valence-electron chi connectivity index (χ2n) is 40.3. The highest BCUT2D eigenvalue weighted by Gasteiger charge is 2.40. The number of carbonyl (C=O) groups excluding carboxylic acids is 3. The molecule has 35 heteroatoms. The molecular formula is C114H173BCl7N13O8S6. The van der Waals surface area contributed by atoms with Crippen LogP contribution in [0.25, 0.3) is 0 Å². The van der Waals surface area contributed by atoms with Crippen molar-refractivity contribution in [2.24, 2.45) is 41.4 Å². The second-order valence-corrected chi connectivity index (χ2v) is 46.1. The standard InChI is InChI=1S/3C19H32ClN3S2.C14H20ClNO2.3C14H18ClNO2.CH3B/c3*1-22-9-6-19(16-2-4-18(20)5-3-16)17(14-22)15-23(11-13-25)10-7-21-8-12-24;1-16-8-7-14(12(9-16)10-18-17-2)11-3-5-13(15)6-4-11;3*1-16-8-7-12(13(9-16)14(17)18-2)10-3-5-11(15)6-4-10;1-2/h3*2-5,17,19,21,24-25H,6-15H2,1H3;3-6,12,14H,7-10H2,1-2H3;3*3-6,12-13H,7-9H2,1-2H3;1H3/t17-,19?;;;;;;;/m1......./s1. The van der Waals surface area contributed by atoms with Crippen LogP contribution in [0.5, 0.6) is 0 Å². The number of thiol groups is 6. The summed E-state index contributed by atoms with van der Waals surface area (Å²) < 4.78 is 14.8.